The van der Waals surface area contributed by atoms with Crippen LogP contribution < -0.4 is 0 Å². The van der Waals surface area contributed by atoms with E-state index in [1.165, 1.54) is 19.3 Å². The van der Waals surface area contributed by atoms with E-state index in [4.69, 9.17) is 13.9 Å². The third-order valence-electron chi connectivity index (χ3n) is 9.07. The molecular formula is C26H46O7Si. The number of fused-ring (bicyclic) bond motifs is 2. The number of carbonyl (C=O) groups is 2. The predicted octanol–water partition coefficient (Wildman–Crippen LogP) is 3.87. The molecule has 2 fully saturated rings. The lowest BCUT2D eigenvalue weighted by atomic mass is 9.67. The van der Waals surface area contributed by atoms with E-state index in [9.17, 15) is 19.8 Å². The molecule has 2 bridgehead atoms. The molecular weight excluding hydrogens is 452 g/mol. The van der Waals surface area contributed by atoms with Crippen LogP contribution in [0, 0.1) is 23.2 Å². The molecule has 0 aliphatic heterocycles. The minimum absolute atomic E-state index is 0.0315. The first-order chi connectivity index (χ1) is 15.5. The fraction of sp³-hybridized carbons (Fsp3) is 0.846. The van der Waals surface area contributed by atoms with Crippen molar-refractivity contribution in [2.75, 3.05) is 13.9 Å². The normalized spacial score (nSPS) is 35.6. The lowest BCUT2D eigenvalue weighted by Gasteiger charge is -2.50. The zero-order valence-electron chi connectivity index (χ0n) is 22.5. The van der Waals surface area contributed by atoms with Gasteiger partial charge in [-0.3, -0.25) is 9.59 Å². The lowest BCUT2D eigenvalue weighted by Crippen LogP contribution is -2.58. The maximum absolute atomic E-state index is 13.8. The summed E-state index contributed by atoms with van der Waals surface area (Å²) in [6.45, 7) is 16.5. The summed E-state index contributed by atoms with van der Waals surface area (Å²) in [4.78, 5) is 24.7. The summed E-state index contributed by atoms with van der Waals surface area (Å²) < 4.78 is 18.0. The van der Waals surface area contributed by atoms with E-state index >= 15 is 0 Å². The molecule has 0 radical (unpaired) electrons. The number of aldehydes is 1. The van der Waals surface area contributed by atoms with Crippen LogP contribution in [0.1, 0.15) is 60.8 Å². The fourth-order valence-corrected chi connectivity index (χ4v) is 6.91. The van der Waals surface area contributed by atoms with Crippen LogP contribution in [0.3, 0.4) is 0 Å². The Morgan fingerprint density at radius 2 is 1.88 bits per heavy atom. The summed E-state index contributed by atoms with van der Waals surface area (Å²) in [7, 11) is -0.802. The van der Waals surface area contributed by atoms with Crippen LogP contribution in [-0.2, 0) is 23.5 Å². The van der Waals surface area contributed by atoms with E-state index in [-0.39, 0.29) is 23.5 Å². The highest BCUT2D eigenvalue weighted by atomic mass is 28.4. The Labute approximate surface area is 206 Å². The second-order valence-corrected chi connectivity index (χ2v) is 17.0. The Morgan fingerprint density at radius 1 is 1.26 bits per heavy atom. The number of methoxy groups -OCH3 is 1. The number of allylic oxidation sites excluding steroid dienone is 1. The summed E-state index contributed by atoms with van der Waals surface area (Å²) >= 11 is 0. The standard InChI is InChI=1S/C26H46O7Si/c1-17-18(20(28)11-10-14-27)15-21(33-34(8,9)24(2,3)4)26(30)13-12-19(25(26,5)6)23(22(17)29)32-16-31-7/h10-11,14,17-21,23,28,30H,12-13,15-16H2,1-9H3/b11-10+/t17-,18+,19-,20-,21+,23-,26-/m1/s1. The highest BCUT2D eigenvalue weighted by molar-refractivity contribution is 6.74. The molecule has 0 aromatic carbocycles. The zero-order valence-corrected chi connectivity index (χ0v) is 23.5. The predicted molar refractivity (Wildman–Crippen MR) is 134 cm³/mol. The minimum atomic E-state index is -2.32. The molecule has 7 nitrogen and oxygen atoms in total. The van der Waals surface area contributed by atoms with Crippen LogP contribution in [0.25, 0.3) is 0 Å². The zero-order chi connectivity index (χ0) is 26.1. The topological polar surface area (TPSA) is 102 Å². The third-order valence-corrected chi connectivity index (χ3v) is 13.6. The van der Waals surface area contributed by atoms with Gasteiger partial charge in [-0.05, 0) is 43.5 Å². The van der Waals surface area contributed by atoms with Crippen molar-refractivity contribution in [1.29, 1.82) is 0 Å². The molecule has 0 saturated heterocycles. The van der Waals surface area contributed by atoms with Crippen molar-refractivity contribution >= 4 is 20.4 Å². The number of hydrogen-bond acceptors (Lipinski definition) is 7. The first-order valence-electron chi connectivity index (χ1n) is 12.4. The second-order valence-electron chi connectivity index (χ2n) is 12.3. The van der Waals surface area contributed by atoms with E-state index in [2.05, 4.69) is 33.9 Å². The number of aliphatic hydroxyl groups excluding tert-OH is 1. The third kappa shape index (κ3) is 5.42. The van der Waals surface area contributed by atoms with Gasteiger partial charge in [0.05, 0.1) is 17.8 Å². The van der Waals surface area contributed by atoms with Crippen molar-refractivity contribution in [1.82, 2.24) is 0 Å². The molecule has 0 aromatic rings. The van der Waals surface area contributed by atoms with Crippen molar-refractivity contribution in [3.8, 4) is 0 Å². The highest BCUT2D eigenvalue weighted by Crippen LogP contribution is 2.57. The first kappa shape index (κ1) is 29.3. The Balaban J connectivity index is 2.66. The van der Waals surface area contributed by atoms with Gasteiger partial charge in [0, 0.05) is 30.3 Å². The number of ether oxygens (including phenoxy) is 2. The van der Waals surface area contributed by atoms with Crippen molar-refractivity contribution in [3.05, 3.63) is 12.2 Å². The van der Waals surface area contributed by atoms with Gasteiger partial charge < -0.3 is 24.1 Å². The monoisotopic (exact) mass is 498 g/mol. The van der Waals surface area contributed by atoms with Crippen molar-refractivity contribution in [3.63, 3.8) is 0 Å². The van der Waals surface area contributed by atoms with E-state index < -0.39 is 49.5 Å². The number of carbonyl (C=O) groups excluding carboxylic acids is 2. The molecule has 196 valence electrons. The van der Waals surface area contributed by atoms with E-state index in [0.717, 1.165) is 0 Å². The minimum Gasteiger partial charge on any atom is -0.411 e. The van der Waals surface area contributed by atoms with Gasteiger partial charge in [0.2, 0.25) is 0 Å². The Hall–Kier alpha value is -0.903. The van der Waals surface area contributed by atoms with Gasteiger partial charge in [-0.1, -0.05) is 47.6 Å². The number of rotatable bonds is 8. The maximum atomic E-state index is 13.8. The summed E-state index contributed by atoms with van der Waals surface area (Å²) in [6, 6.07) is 0. The van der Waals surface area contributed by atoms with E-state index in [0.29, 0.717) is 25.5 Å². The van der Waals surface area contributed by atoms with E-state index in [1.54, 1.807) is 6.92 Å². The molecule has 0 amide bonds. The Morgan fingerprint density at radius 3 is 2.41 bits per heavy atom. The molecule has 0 spiro atoms. The van der Waals surface area contributed by atoms with Gasteiger partial charge in [-0.25, -0.2) is 0 Å². The average molecular weight is 499 g/mol. The fourth-order valence-electron chi connectivity index (χ4n) is 5.55. The molecule has 0 heterocycles. The molecule has 2 N–H and O–H groups in total. The number of ketones is 1. The average Bonchev–Trinajstić information content (AvgIpc) is 2.98. The van der Waals surface area contributed by atoms with Gasteiger partial charge in [-0.2, -0.15) is 0 Å². The number of aliphatic hydroxyl groups is 2. The molecule has 8 heteroatoms. The van der Waals surface area contributed by atoms with Gasteiger partial charge >= 0.3 is 0 Å². The van der Waals surface area contributed by atoms with Gasteiger partial charge in [0.15, 0.2) is 14.1 Å². The SMILES string of the molecule is COCO[C@H]1C(=O)[C@H](C)[C@@H]([C@H](O)/C=C/C=O)C[C@H](O[Si](C)(C)C(C)(C)C)[C@]2(O)CC[C@H]1C2(C)C. The molecule has 0 unspecified atom stereocenters. The van der Waals surface area contributed by atoms with Gasteiger partial charge in [-0.15, -0.1) is 0 Å². The molecule has 7 atom stereocenters. The summed E-state index contributed by atoms with van der Waals surface area (Å²) in [6.07, 6.45) is 2.30. The van der Waals surface area contributed by atoms with Gasteiger partial charge in [0.1, 0.15) is 19.2 Å². The number of Topliss-reactive ketones (excluding diaryl/α,β-unsaturated/α-hetero) is 1. The van der Waals surface area contributed by atoms with Gasteiger partial charge in [0.25, 0.3) is 0 Å². The Kier molecular flexibility index (Phi) is 9.15. The summed E-state index contributed by atoms with van der Waals surface area (Å²) in [5.41, 5.74) is -1.88. The van der Waals surface area contributed by atoms with Crippen LogP contribution in [0.15, 0.2) is 12.2 Å². The largest absolute Gasteiger partial charge is 0.411 e. The van der Waals surface area contributed by atoms with Crippen LogP contribution in [0.2, 0.25) is 18.1 Å². The molecule has 0 aromatic heterocycles. The molecule has 34 heavy (non-hydrogen) atoms. The first-order valence-corrected chi connectivity index (χ1v) is 15.3. The van der Waals surface area contributed by atoms with Crippen molar-refractivity contribution < 1.29 is 33.7 Å². The second kappa shape index (κ2) is 10.6. The quantitative estimate of drug-likeness (QED) is 0.227. The highest BCUT2D eigenvalue weighted by Gasteiger charge is 2.63. The molecule has 2 rings (SSSR count). The lowest BCUT2D eigenvalue weighted by molar-refractivity contribution is -0.167. The van der Waals surface area contributed by atoms with Crippen LogP contribution in [0.4, 0.5) is 0 Å². The summed E-state index contributed by atoms with van der Waals surface area (Å²) in [5, 5.41) is 23.3. The molecule has 2 aliphatic rings. The molecule has 2 saturated carbocycles. The van der Waals surface area contributed by atoms with Crippen LogP contribution >= 0.6 is 0 Å². The number of hydrogen-bond donors (Lipinski definition) is 2. The van der Waals surface area contributed by atoms with Crippen LogP contribution in [-0.4, -0.2) is 68.4 Å². The molecule has 2 aliphatic carbocycles. The van der Waals surface area contributed by atoms with E-state index in [1.807, 2.05) is 13.8 Å². The summed E-state index contributed by atoms with van der Waals surface area (Å²) in [5.74, 6) is -1.46. The smallest absolute Gasteiger partial charge is 0.192 e. The maximum Gasteiger partial charge on any atom is 0.192 e. The van der Waals surface area contributed by atoms with Crippen LogP contribution in [0.5, 0.6) is 0 Å². The van der Waals surface area contributed by atoms with Crippen molar-refractivity contribution in [2.24, 2.45) is 23.2 Å². The Bertz CT molecular complexity index is 757. The van der Waals surface area contributed by atoms with Crippen molar-refractivity contribution in [2.45, 2.75) is 103 Å².